The van der Waals surface area contributed by atoms with Gasteiger partial charge in [0.2, 0.25) is 0 Å². The van der Waals surface area contributed by atoms with Gasteiger partial charge in [0, 0.05) is 12.0 Å². The molecular weight excluding hydrogens is 332 g/mol. The van der Waals surface area contributed by atoms with Crippen LogP contribution in [0.2, 0.25) is 0 Å². The molecule has 4 saturated carbocycles. The van der Waals surface area contributed by atoms with Gasteiger partial charge in [-0.1, -0.05) is 19.9 Å². The lowest BCUT2D eigenvalue weighted by Crippen LogP contribution is -2.60. The van der Waals surface area contributed by atoms with Gasteiger partial charge in [-0.25, -0.2) is 4.79 Å². The van der Waals surface area contributed by atoms with E-state index in [1.54, 1.807) is 13.8 Å². The number of esters is 2. The first-order valence-electron chi connectivity index (χ1n) is 9.99. The second-order valence-electron chi connectivity index (χ2n) is 8.79. The van der Waals surface area contributed by atoms with Gasteiger partial charge >= 0.3 is 11.9 Å². The van der Waals surface area contributed by atoms with Gasteiger partial charge in [-0.15, -0.1) is 0 Å². The third-order valence-electron chi connectivity index (χ3n) is 6.22. The van der Waals surface area contributed by atoms with Crippen LogP contribution in [0.1, 0.15) is 72.1 Å². The zero-order chi connectivity index (χ0) is 18.9. The highest BCUT2D eigenvalue weighted by molar-refractivity contribution is 5.87. The van der Waals surface area contributed by atoms with E-state index < -0.39 is 17.3 Å². The van der Waals surface area contributed by atoms with Crippen LogP contribution in [0.4, 0.5) is 0 Å². The highest BCUT2D eigenvalue weighted by Gasteiger charge is 2.63. The highest BCUT2D eigenvalue weighted by atomic mass is 16.7. The summed E-state index contributed by atoms with van der Waals surface area (Å²) in [6.07, 6.45) is 6.58. The lowest BCUT2D eigenvalue weighted by molar-refractivity contribution is -0.223. The van der Waals surface area contributed by atoms with E-state index in [1.165, 1.54) is 0 Å². The largest absolute Gasteiger partial charge is 0.456 e. The lowest BCUT2D eigenvalue weighted by atomic mass is 9.48. The van der Waals surface area contributed by atoms with Gasteiger partial charge in [-0.2, -0.15) is 0 Å². The van der Waals surface area contributed by atoms with Gasteiger partial charge in [-0.05, 0) is 64.2 Å². The van der Waals surface area contributed by atoms with Crippen LogP contribution in [0.3, 0.4) is 0 Å². The molecule has 0 N–H and O–H groups in total. The molecule has 0 aromatic carbocycles. The summed E-state index contributed by atoms with van der Waals surface area (Å²) in [6.45, 7) is 9.85. The Morgan fingerprint density at radius 3 is 2.42 bits per heavy atom. The second kappa shape index (κ2) is 7.34. The zero-order valence-corrected chi connectivity index (χ0v) is 16.3. The van der Waals surface area contributed by atoms with Crippen molar-refractivity contribution >= 4 is 11.9 Å². The molecule has 0 amide bonds. The normalized spacial score (nSPS) is 35.8. The number of ether oxygens (including phenoxy) is 3. The fourth-order valence-electron chi connectivity index (χ4n) is 5.52. The van der Waals surface area contributed by atoms with Crippen molar-refractivity contribution in [2.75, 3.05) is 6.61 Å². The molecule has 4 aliphatic carbocycles. The Kier molecular flexibility index (Phi) is 5.48. The van der Waals surface area contributed by atoms with E-state index in [9.17, 15) is 9.59 Å². The van der Waals surface area contributed by atoms with Gasteiger partial charge in [0.15, 0.2) is 6.29 Å². The van der Waals surface area contributed by atoms with Gasteiger partial charge in [0.05, 0.1) is 12.0 Å². The second-order valence-corrected chi connectivity index (χ2v) is 8.79. The first-order chi connectivity index (χ1) is 12.3. The number of carbonyl (C=O) groups excluding carboxylic acids is 2. The van der Waals surface area contributed by atoms with Crippen molar-refractivity contribution in [1.29, 1.82) is 0 Å². The Bertz CT molecular complexity index is 567. The van der Waals surface area contributed by atoms with Crippen LogP contribution >= 0.6 is 0 Å². The summed E-state index contributed by atoms with van der Waals surface area (Å²) in [6, 6.07) is 0. The summed E-state index contributed by atoms with van der Waals surface area (Å²) in [5, 5.41) is 0. The Balaban J connectivity index is 1.70. The highest BCUT2D eigenvalue weighted by Crippen LogP contribution is 2.63. The van der Waals surface area contributed by atoms with Crippen LogP contribution in [0.25, 0.3) is 0 Å². The summed E-state index contributed by atoms with van der Waals surface area (Å²) in [5.41, 5.74) is -0.636. The molecule has 0 aromatic rings. The summed E-state index contributed by atoms with van der Waals surface area (Å²) in [7, 11) is 0. The average Bonchev–Trinajstić information content (AvgIpc) is 2.53. The maximum atomic E-state index is 13.0. The zero-order valence-electron chi connectivity index (χ0n) is 16.3. The molecule has 4 bridgehead atoms. The summed E-state index contributed by atoms with van der Waals surface area (Å²) >= 11 is 0. The van der Waals surface area contributed by atoms with Crippen molar-refractivity contribution < 1.29 is 23.8 Å². The van der Waals surface area contributed by atoms with Crippen molar-refractivity contribution in [1.82, 2.24) is 0 Å². The fraction of sp³-hybridized carbons (Fsp3) is 0.810. The first-order valence-corrected chi connectivity index (χ1v) is 9.99. The van der Waals surface area contributed by atoms with Crippen LogP contribution < -0.4 is 0 Å². The molecule has 0 radical (unpaired) electrons. The van der Waals surface area contributed by atoms with Crippen molar-refractivity contribution in [3.8, 4) is 0 Å². The molecule has 4 fully saturated rings. The van der Waals surface area contributed by atoms with Gasteiger partial charge in [0.25, 0.3) is 0 Å². The Hall–Kier alpha value is -1.36. The van der Waals surface area contributed by atoms with Gasteiger partial charge < -0.3 is 14.2 Å². The van der Waals surface area contributed by atoms with E-state index in [2.05, 4.69) is 13.5 Å². The molecule has 26 heavy (non-hydrogen) atoms. The minimum absolute atomic E-state index is 0.175. The fourth-order valence-corrected chi connectivity index (χ4v) is 5.52. The smallest absolute Gasteiger partial charge is 0.333 e. The standard InChI is InChI=1S/C21H32O5/c1-5-6-7-24-15(4)25-19(23)20-9-16-8-17(10-20)12-21(11-16,13-20)26-18(22)14(2)3/h15-17H,2,5-13H2,1,3-4H3. The van der Waals surface area contributed by atoms with E-state index in [1.807, 2.05) is 0 Å². The van der Waals surface area contributed by atoms with E-state index in [0.29, 0.717) is 30.4 Å². The van der Waals surface area contributed by atoms with E-state index in [-0.39, 0.29) is 11.9 Å². The molecule has 0 spiro atoms. The SMILES string of the molecule is C=C(C)C(=O)OC12CC3CC(C1)CC(C(=O)OC(C)OCCCC)(C3)C2. The van der Waals surface area contributed by atoms with Crippen LogP contribution in [0.5, 0.6) is 0 Å². The molecule has 146 valence electrons. The first kappa shape index (κ1) is 19.4. The van der Waals surface area contributed by atoms with E-state index in [0.717, 1.165) is 44.9 Å². The quantitative estimate of drug-likeness (QED) is 0.280. The Labute approximate surface area is 156 Å². The van der Waals surface area contributed by atoms with E-state index in [4.69, 9.17) is 14.2 Å². The minimum Gasteiger partial charge on any atom is -0.456 e. The predicted molar refractivity (Wildman–Crippen MR) is 97.2 cm³/mol. The Morgan fingerprint density at radius 2 is 1.85 bits per heavy atom. The molecule has 3 unspecified atom stereocenters. The monoisotopic (exact) mass is 364 g/mol. The minimum atomic E-state index is -0.532. The number of hydrogen-bond acceptors (Lipinski definition) is 5. The van der Waals surface area contributed by atoms with Crippen molar-refractivity contribution in [2.24, 2.45) is 17.3 Å². The van der Waals surface area contributed by atoms with Crippen LogP contribution in [0.15, 0.2) is 12.2 Å². The predicted octanol–water partition coefficient (Wildman–Crippen LogP) is 4.15. The molecule has 0 aliphatic heterocycles. The number of carbonyl (C=O) groups is 2. The van der Waals surface area contributed by atoms with Crippen molar-refractivity contribution in [3.05, 3.63) is 12.2 Å². The maximum Gasteiger partial charge on any atom is 0.333 e. The Morgan fingerprint density at radius 1 is 1.19 bits per heavy atom. The molecule has 0 heterocycles. The molecule has 0 aromatic heterocycles. The summed E-state index contributed by atoms with van der Waals surface area (Å²) in [5.74, 6) is 0.342. The summed E-state index contributed by atoms with van der Waals surface area (Å²) in [4.78, 5) is 25.2. The molecule has 5 heteroatoms. The van der Waals surface area contributed by atoms with Crippen LogP contribution in [0, 0.1) is 17.3 Å². The maximum absolute atomic E-state index is 13.0. The van der Waals surface area contributed by atoms with Crippen LogP contribution in [-0.4, -0.2) is 30.4 Å². The van der Waals surface area contributed by atoms with Gasteiger partial charge in [-0.3, -0.25) is 4.79 Å². The van der Waals surface area contributed by atoms with Gasteiger partial charge in [0.1, 0.15) is 5.60 Å². The average molecular weight is 364 g/mol. The third kappa shape index (κ3) is 3.83. The molecular formula is C21H32O5. The lowest BCUT2D eigenvalue weighted by Gasteiger charge is -2.59. The number of hydrogen-bond donors (Lipinski definition) is 0. The number of unbranched alkanes of at least 4 members (excludes halogenated alkanes) is 1. The molecule has 0 saturated heterocycles. The molecule has 4 aliphatic rings. The van der Waals surface area contributed by atoms with Crippen molar-refractivity contribution in [3.63, 3.8) is 0 Å². The molecule has 3 atom stereocenters. The number of rotatable bonds is 8. The van der Waals surface area contributed by atoms with E-state index >= 15 is 0 Å². The molecule has 4 rings (SSSR count). The topological polar surface area (TPSA) is 61.8 Å². The van der Waals surface area contributed by atoms with Crippen molar-refractivity contribution in [2.45, 2.75) is 84.0 Å². The summed E-state index contributed by atoms with van der Waals surface area (Å²) < 4.78 is 17.2. The van der Waals surface area contributed by atoms with Crippen LogP contribution in [-0.2, 0) is 23.8 Å². The molecule has 5 nitrogen and oxygen atoms in total. The third-order valence-corrected chi connectivity index (χ3v) is 6.22.